The van der Waals surface area contributed by atoms with E-state index in [0.717, 1.165) is 0 Å². The van der Waals surface area contributed by atoms with E-state index in [1.54, 1.807) is 6.92 Å². The summed E-state index contributed by atoms with van der Waals surface area (Å²) in [6.07, 6.45) is 2.49. The van der Waals surface area contributed by atoms with Crippen LogP contribution in [-0.4, -0.2) is 23.7 Å². The lowest BCUT2D eigenvalue weighted by molar-refractivity contribution is -0.152. The molecule has 14 heavy (non-hydrogen) atoms. The Morgan fingerprint density at radius 2 is 1.71 bits per heavy atom. The van der Waals surface area contributed by atoms with Crippen molar-refractivity contribution in [2.45, 2.75) is 32.6 Å². The Labute approximate surface area is 83.2 Å². The molecular formula is C10H16O4. The van der Waals surface area contributed by atoms with E-state index in [0.29, 0.717) is 32.3 Å². The number of hydrogen-bond acceptors (Lipinski definition) is 3. The van der Waals surface area contributed by atoms with Gasteiger partial charge in [0, 0.05) is 0 Å². The van der Waals surface area contributed by atoms with Crippen molar-refractivity contribution >= 4 is 11.9 Å². The lowest BCUT2D eigenvalue weighted by Gasteiger charge is -2.24. The molecule has 0 aromatic rings. The maximum Gasteiger partial charge on any atom is 0.308 e. The minimum Gasteiger partial charge on any atom is -0.481 e. The molecule has 0 saturated heterocycles. The van der Waals surface area contributed by atoms with E-state index in [9.17, 15) is 9.59 Å². The first-order chi connectivity index (χ1) is 6.65. The molecular weight excluding hydrogens is 184 g/mol. The zero-order chi connectivity index (χ0) is 10.6. The molecule has 4 heteroatoms. The van der Waals surface area contributed by atoms with Crippen LogP contribution in [0.1, 0.15) is 32.6 Å². The average Bonchev–Trinajstić information content (AvgIpc) is 2.18. The third-order valence-electron chi connectivity index (χ3n) is 2.70. The van der Waals surface area contributed by atoms with Crippen molar-refractivity contribution in [3.63, 3.8) is 0 Å². The van der Waals surface area contributed by atoms with E-state index in [1.165, 1.54) is 0 Å². The molecule has 0 aromatic carbocycles. The van der Waals surface area contributed by atoms with Crippen LogP contribution in [0.5, 0.6) is 0 Å². The van der Waals surface area contributed by atoms with Crippen molar-refractivity contribution < 1.29 is 19.4 Å². The first kappa shape index (κ1) is 11.0. The Morgan fingerprint density at radius 3 is 2.14 bits per heavy atom. The lowest BCUT2D eigenvalue weighted by Crippen LogP contribution is -2.27. The van der Waals surface area contributed by atoms with Crippen LogP contribution >= 0.6 is 0 Å². The second kappa shape index (κ2) is 4.98. The Morgan fingerprint density at radius 1 is 1.21 bits per heavy atom. The number of hydrogen-bond donors (Lipinski definition) is 1. The number of ether oxygens (including phenoxy) is 1. The molecule has 0 radical (unpaired) electrons. The van der Waals surface area contributed by atoms with Crippen molar-refractivity contribution in [3.05, 3.63) is 0 Å². The topological polar surface area (TPSA) is 63.6 Å². The maximum absolute atomic E-state index is 11.3. The van der Waals surface area contributed by atoms with Gasteiger partial charge in [0.05, 0.1) is 18.4 Å². The number of carboxylic acid groups (broad SMARTS) is 1. The second-order valence-electron chi connectivity index (χ2n) is 3.64. The van der Waals surface area contributed by atoms with Crippen molar-refractivity contribution in [3.8, 4) is 0 Å². The molecule has 0 atom stereocenters. The van der Waals surface area contributed by atoms with E-state index in [2.05, 4.69) is 0 Å². The van der Waals surface area contributed by atoms with Crippen LogP contribution in [0.4, 0.5) is 0 Å². The first-order valence-corrected chi connectivity index (χ1v) is 5.04. The predicted molar refractivity (Wildman–Crippen MR) is 49.7 cm³/mol. The van der Waals surface area contributed by atoms with Crippen LogP contribution in [0.15, 0.2) is 0 Å². The van der Waals surface area contributed by atoms with Gasteiger partial charge in [-0.3, -0.25) is 9.59 Å². The quantitative estimate of drug-likeness (QED) is 0.700. The van der Waals surface area contributed by atoms with Crippen molar-refractivity contribution in [1.82, 2.24) is 0 Å². The molecule has 1 saturated carbocycles. The third-order valence-corrected chi connectivity index (χ3v) is 2.70. The summed E-state index contributed by atoms with van der Waals surface area (Å²) in [6.45, 7) is 2.18. The van der Waals surface area contributed by atoms with Gasteiger partial charge in [0.1, 0.15) is 0 Å². The number of esters is 1. The maximum atomic E-state index is 11.3. The Kier molecular flexibility index (Phi) is 3.92. The van der Waals surface area contributed by atoms with E-state index in [4.69, 9.17) is 9.84 Å². The van der Waals surface area contributed by atoms with Gasteiger partial charge in [-0.25, -0.2) is 0 Å². The van der Waals surface area contributed by atoms with E-state index in [-0.39, 0.29) is 17.8 Å². The monoisotopic (exact) mass is 200 g/mol. The van der Waals surface area contributed by atoms with Gasteiger partial charge in [-0.15, -0.1) is 0 Å². The summed E-state index contributed by atoms with van der Waals surface area (Å²) in [5.74, 6) is -1.25. The lowest BCUT2D eigenvalue weighted by atomic mass is 9.82. The second-order valence-corrected chi connectivity index (χ2v) is 3.64. The summed E-state index contributed by atoms with van der Waals surface area (Å²) in [5.41, 5.74) is 0. The fourth-order valence-electron chi connectivity index (χ4n) is 1.84. The van der Waals surface area contributed by atoms with Crippen LogP contribution in [0.25, 0.3) is 0 Å². The van der Waals surface area contributed by atoms with Gasteiger partial charge in [-0.1, -0.05) is 0 Å². The van der Waals surface area contributed by atoms with E-state index < -0.39 is 5.97 Å². The summed E-state index contributed by atoms with van der Waals surface area (Å²) in [7, 11) is 0. The number of carbonyl (C=O) groups is 2. The number of aliphatic carboxylic acids is 1. The molecule has 1 rings (SSSR count). The summed E-state index contributed by atoms with van der Waals surface area (Å²) in [4.78, 5) is 21.9. The fraction of sp³-hybridized carbons (Fsp3) is 0.800. The predicted octanol–water partition coefficient (Wildman–Crippen LogP) is 1.44. The molecule has 0 spiro atoms. The van der Waals surface area contributed by atoms with Crippen molar-refractivity contribution in [2.75, 3.05) is 6.61 Å². The molecule has 1 aliphatic rings. The summed E-state index contributed by atoms with van der Waals surface area (Å²) in [6, 6.07) is 0. The highest BCUT2D eigenvalue weighted by molar-refractivity contribution is 5.74. The highest BCUT2D eigenvalue weighted by Crippen LogP contribution is 2.29. The molecule has 0 heterocycles. The number of rotatable bonds is 3. The summed E-state index contributed by atoms with van der Waals surface area (Å²) >= 11 is 0. The van der Waals surface area contributed by atoms with Crippen molar-refractivity contribution in [1.29, 1.82) is 0 Å². The van der Waals surface area contributed by atoms with Gasteiger partial charge in [-0.2, -0.15) is 0 Å². The minimum absolute atomic E-state index is 0.0782. The van der Waals surface area contributed by atoms with Gasteiger partial charge < -0.3 is 9.84 Å². The molecule has 0 amide bonds. The fourth-order valence-corrected chi connectivity index (χ4v) is 1.84. The first-order valence-electron chi connectivity index (χ1n) is 5.04. The Balaban J connectivity index is 2.35. The minimum atomic E-state index is -0.743. The molecule has 0 aromatic heterocycles. The van der Waals surface area contributed by atoms with E-state index >= 15 is 0 Å². The van der Waals surface area contributed by atoms with Gasteiger partial charge in [0.2, 0.25) is 0 Å². The van der Waals surface area contributed by atoms with Crippen LogP contribution in [-0.2, 0) is 14.3 Å². The Hall–Kier alpha value is -1.06. The standard InChI is InChI=1S/C10H16O4/c1-2-14-10(13)8-5-3-7(4-6-8)9(11)12/h7-8H,2-6H2,1H3,(H,11,12). The van der Waals surface area contributed by atoms with Gasteiger partial charge in [-0.05, 0) is 32.6 Å². The molecule has 1 N–H and O–H groups in total. The van der Waals surface area contributed by atoms with E-state index in [1.807, 2.05) is 0 Å². The van der Waals surface area contributed by atoms with Gasteiger partial charge in [0.25, 0.3) is 0 Å². The smallest absolute Gasteiger partial charge is 0.308 e. The largest absolute Gasteiger partial charge is 0.481 e. The molecule has 0 unspecified atom stereocenters. The zero-order valence-electron chi connectivity index (χ0n) is 8.36. The molecule has 4 nitrogen and oxygen atoms in total. The molecule has 80 valence electrons. The van der Waals surface area contributed by atoms with Crippen molar-refractivity contribution in [2.24, 2.45) is 11.8 Å². The third kappa shape index (κ3) is 2.72. The van der Waals surface area contributed by atoms with Gasteiger partial charge >= 0.3 is 11.9 Å². The van der Waals surface area contributed by atoms with Crippen LogP contribution in [0, 0.1) is 11.8 Å². The summed E-state index contributed by atoms with van der Waals surface area (Å²) in [5, 5.41) is 8.75. The molecule has 0 bridgehead atoms. The number of carbonyl (C=O) groups excluding carboxylic acids is 1. The van der Waals surface area contributed by atoms with Crippen LogP contribution in [0.3, 0.4) is 0 Å². The SMILES string of the molecule is CCOC(=O)C1CCC(C(=O)O)CC1. The highest BCUT2D eigenvalue weighted by Gasteiger charge is 2.30. The van der Waals surface area contributed by atoms with Crippen LogP contribution in [0.2, 0.25) is 0 Å². The average molecular weight is 200 g/mol. The molecule has 1 fully saturated rings. The summed E-state index contributed by atoms with van der Waals surface area (Å²) < 4.78 is 4.89. The number of carboxylic acids is 1. The highest BCUT2D eigenvalue weighted by atomic mass is 16.5. The normalized spacial score (nSPS) is 26.9. The Bertz CT molecular complexity index is 216. The van der Waals surface area contributed by atoms with Crippen LogP contribution < -0.4 is 0 Å². The van der Waals surface area contributed by atoms with Gasteiger partial charge in [0.15, 0.2) is 0 Å². The zero-order valence-corrected chi connectivity index (χ0v) is 8.36. The molecule has 0 aliphatic heterocycles. The molecule has 1 aliphatic carbocycles.